The summed E-state index contributed by atoms with van der Waals surface area (Å²) in [6, 6.07) is 12.2. The quantitative estimate of drug-likeness (QED) is 0.608. The highest BCUT2D eigenvalue weighted by atomic mass is 16.5. The molecule has 3 heterocycles. The van der Waals surface area contributed by atoms with E-state index < -0.39 is 0 Å². The molecule has 3 aromatic heterocycles. The van der Waals surface area contributed by atoms with Gasteiger partial charge in [0.05, 0.1) is 18.2 Å². The number of aliphatic hydroxyl groups excluding tert-OH is 1. The van der Waals surface area contributed by atoms with Gasteiger partial charge in [-0.3, -0.25) is 0 Å². The highest BCUT2D eigenvalue weighted by Gasteiger charge is 2.15. The van der Waals surface area contributed by atoms with E-state index in [0.717, 1.165) is 38.9 Å². The summed E-state index contributed by atoms with van der Waals surface area (Å²) < 4.78 is 7.65. The van der Waals surface area contributed by atoms with E-state index in [1.165, 1.54) is 0 Å². The Kier molecular flexibility index (Phi) is 3.28. The molecule has 0 amide bonds. The number of fused-ring (bicyclic) bond motifs is 2. The number of benzene rings is 1. The normalized spacial score (nSPS) is 11.4. The molecule has 0 aliphatic carbocycles. The van der Waals surface area contributed by atoms with Crippen LogP contribution in [0, 0.1) is 0 Å². The Bertz CT molecular complexity index is 951. The summed E-state index contributed by atoms with van der Waals surface area (Å²) in [5.41, 5.74) is 4.33. The fraction of sp³-hybridized carbons (Fsp3) is 0.167. The lowest BCUT2D eigenvalue weighted by molar-refractivity contribution is -0.347. The van der Waals surface area contributed by atoms with Crippen molar-refractivity contribution in [3.05, 3.63) is 48.8 Å². The van der Waals surface area contributed by atoms with E-state index in [1.807, 2.05) is 37.5 Å². The average molecular weight is 308 g/mol. The number of rotatable bonds is 4. The first kappa shape index (κ1) is 13.8. The monoisotopic (exact) mass is 308 g/mol. The molecular formula is C18H18N3O2+. The molecule has 1 aromatic carbocycles. The van der Waals surface area contributed by atoms with E-state index in [4.69, 9.17) is 9.84 Å². The Hall–Kier alpha value is -2.79. The summed E-state index contributed by atoms with van der Waals surface area (Å²) in [6.07, 6.45) is 4.03. The van der Waals surface area contributed by atoms with Crippen molar-refractivity contribution in [1.82, 2.24) is 9.55 Å². The summed E-state index contributed by atoms with van der Waals surface area (Å²) in [4.78, 5) is 6.65. The molecule has 0 unspecified atom stereocenters. The molecule has 3 N–H and O–H groups in total. The molecule has 0 spiro atoms. The topological polar surface area (TPSA) is 64.3 Å². The Morgan fingerprint density at radius 3 is 3.00 bits per heavy atom. The van der Waals surface area contributed by atoms with Crippen molar-refractivity contribution in [2.75, 3.05) is 13.2 Å². The highest BCUT2D eigenvalue weighted by Crippen LogP contribution is 2.33. The number of pyridine rings is 1. The van der Waals surface area contributed by atoms with Gasteiger partial charge in [-0.1, -0.05) is 0 Å². The highest BCUT2D eigenvalue weighted by molar-refractivity contribution is 5.98. The molecule has 5 heteroatoms. The van der Waals surface area contributed by atoms with Crippen molar-refractivity contribution in [1.29, 1.82) is 0 Å². The van der Waals surface area contributed by atoms with Crippen molar-refractivity contribution < 1.29 is 14.8 Å². The van der Waals surface area contributed by atoms with E-state index in [2.05, 4.69) is 32.9 Å². The first-order valence-electron chi connectivity index (χ1n) is 7.59. The van der Waals surface area contributed by atoms with Crippen LogP contribution in [0.2, 0.25) is 0 Å². The lowest BCUT2D eigenvalue weighted by atomic mass is 10.1. The van der Waals surface area contributed by atoms with E-state index in [1.54, 1.807) is 0 Å². The molecule has 4 rings (SSSR count). The Morgan fingerprint density at radius 2 is 2.17 bits per heavy atom. The summed E-state index contributed by atoms with van der Waals surface area (Å²) in [7, 11) is 2.04. The molecule has 0 aliphatic rings. The predicted octanol–water partition coefficient (Wildman–Crippen LogP) is 2.51. The molecule has 0 saturated heterocycles. The molecule has 23 heavy (non-hydrogen) atoms. The molecule has 0 bridgehead atoms. The Labute approximate surface area is 133 Å². The first-order chi connectivity index (χ1) is 11.3. The molecule has 0 atom stereocenters. The lowest BCUT2D eigenvalue weighted by Crippen LogP contribution is -2.01. The average Bonchev–Trinajstić information content (AvgIpc) is 3.14. The van der Waals surface area contributed by atoms with Crippen molar-refractivity contribution in [3.8, 4) is 17.0 Å². The Morgan fingerprint density at radius 1 is 1.26 bits per heavy atom. The first-order valence-corrected chi connectivity index (χ1v) is 7.59. The number of aromatic nitrogens is 3. The van der Waals surface area contributed by atoms with Crippen LogP contribution >= 0.6 is 0 Å². The van der Waals surface area contributed by atoms with E-state index in [9.17, 15) is 0 Å². The van der Waals surface area contributed by atoms with Gasteiger partial charge < -0.3 is 14.4 Å². The van der Waals surface area contributed by atoms with Crippen LogP contribution in [0.5, 0.6) is 5.75 Å². The van der Waals surface area contributed by atoms with Crippen LogP contribution in [-0.4, -0.2) is 27.9 Å². The van der Waals surface area contributed by atoms with Gasteiger partial charge in [0.1, 0.15) is 18.1 Å². The molecule has 4 aromatic rings. The number of hydrogen-bond donors (Lipinski definition) is 2. The van der Waals surface area contributed by atoms with Crippen LogP contribution in [0.25, 0.3) is 33.2 Å². The van der Waals surface area contributed by atoms with E-state index >= 15 is 0 Å². The van der Waals surface area contributed by atoms with Gasteiger partial charge in [-0.25, -0.2) is 9.97 Å². The van der Waals surface area contributed by atoms with Gasteiger partial charge in [0.2, 0.25) is 0 Å². The van der Waals surface area contributed by atoms with Crippen molar-refractivity contribution in [2.45, 2.75) is 0 Å². The van der Waals surface area contributed by atoms with Crippen LogP contribution in [-0.2, 0) is 7.05 Å². The van der Waals surface area contributed by atoms with Crippen molar-refractivity contribution in [3.63, 3.8) is 0 Å². The van der Waals surface area contributed by atoms with Crippen molar-refractivity contribution >= 4 is 21.9 Å². The van der Waals surface area contributed by atoms with E-state index in [-0.39, 0.29) is 6.61 Å². The number of ether oxygens (including phenoxy) is 1. The van der Waals surface area contributed by atoms with Gasteiger partial charge in [-0.15, -0.1) is 0 Å². The minimum absolute atomic E-state index is 0.0114. The third kappa shape index (κ3) is 2.35. The maximum absolute atomic E-state index is 8.92. The molecule has 0 radical (unpaired) electrons. The number of nitrogens with zero attached hydrogens (tertiary/aromatic N) is 1. The van der Waals surface area contributed by atoms with Crippen LogP contribution in [0.4, 0.5) is 0 Å². The van der Waals surface area contributed by atoms with Gasteiger partial charge >= 0.3 is 0 Å². The minimum Gasteiger partial charge on any atom is -0.491 e. The molecule has 116 valence electrons. The van der Waals surface area contributed by atoms with E-state index in [0.29, 0.717) is 6.61 Å². The zero-order valence-corrected chi connectivity index (χ0v) is 12.8. The number of aromatic amines is 2. The smallest absolute Gasteiger partial charge is 0.284 e. The van der Waals surface area contributed by atoms with Gasteiger partial charge in [0, 0.05) is 35.8 Å². The third-order valence-corrected chi connectivity index (χ3v) is 4.06. The Balaban J connectivity index is 1.87. The number of hydrogen-bond acceptors (Lipinski definition) is 2. The lowest BCUT2D eigenvalue weighted by Gasteiger charge is -2.04. The number of H-pyrrole nitrogens is 2. The second kappa shape index (κ2) is 5.44. The summed E-state index contributed by atoms with van der Waals surface area (Å²) in [5.74, 6) is 0.765. The van der Waals surface area contributed by atoms with Gasteiger partial charge in [-0.2, -0.15) is 0 Å². The maximum atomic E-state index is 8.92. The maximum Gasteiger partial charge on any atom is 0.284 e. The largest absolute Gasteiger partial charge is 0.491 e. The number of aryl methyl sites for hydroxylation is 1. The summed E-state index contributed by atoms with van der Waals surface area (Å²) in [6.45, 7) is 0.312. The van der Waals surface area contributed by atoms with Crippen molar-refractivity contribution in [2.24, 2.45) is 7.05 Å². The summed E-state index contributed by atoms with van der Waals surface area (Å²) in [5, 5.41) is 11.2. The zero-order chi connectivity index (χ0) is 15.8. The number of aliphatic hydroxyl groups is 1. The molecule has 0 fully saturated rings. The second-order valence-corrected chi connectivity index (χ2v) is 5.59. The van der Waals surface area contributed by atoms with Gasteiger partial charge in [0.25, 0.3) is 5.65 Å². The van der Waals surface area contributed by atoms with Gasteiger partial charge in [0.15, 0.2) is 0 Å². The fourth-order valence-electron chi connectivity index (χ4n) is 2.99. The standard InChI is InChI=1S/C18H17N3O2/c1-21-11-15(16-9-12-3-2-6-19-18(12)20-16)14-10-13(23-8-7-22)4-5-17(14)21/h2-6,9-11,22H,7-8H2,1H3,(H,19,20)/p+1. The SMILES string of the molecule is Cn1cc(-c2cc3ccc[nH+]c3[nH]2)c2cc(OCCO)ccc21. The van der Waals surface area contributed by atoms with Crippen LogP contribution in [0.15, 0.2) is 48.8 Å². The van der Waals surface area contributed by atoms with Crippen LogP contribution in [0.3, 0.4) is 0 Å². The molecule has 5 nitrogen and oxygen atoms in total. The molecular weight excluding hydrogens is 290 g/mol. The van der Waals surface area contributed by atoms with Gasteiger partial charge in [-0.05, 0) is 30.3 Å². The molecule has 0 aliphatic heterocycles. The third-order valence-electron chi connectivity index (χ3n) is 4.06. The molecule has 0 saturated carbocycles. The zero-order valence-electron chi connectivity index (χ0n) is 12.8. The minimum atomic E-state index is 0.0114. The van der Waals surface area contributed by atoms with Crippen LogP contribution < -0.4 is 9.72 Å². The number of nitrogens with one attached hydrogen (secondary N) is 2. The second-order valence-electron chi connectivity index (χ2n) is 5.59. The van der Waals surface area contributed by atoms with Crippen LogP contribution in [0.1, 0.15) is 0 Å². The summed E-state index contributed by atoms with van der Waals surface area (Å²) >= 11 is 0. The fourth-order valence-corrected chi connectivity index (χ4v) is 2.99. The predicted molar refractivity (Wildman–Crippen MR) is 89.3 cm³/mol.